The minimum absolute atomic E-state index is 0.0316. The van der Waals surface area contributed by atoms with E-state index in [1.165, 1.54) is 18.2 Å². The van der Waals surface area contributed by atoms with Crippen LogP contribution >= 0.6 is 11.6 Å². The molecule has 6 nitrogen and oxygen atoms in total. The third kappa shape index (κ3) is 5.77. The Morgan fingerprint density at radius 1 is 1.03 bits per heavy atom. The molecule has 0 aliphatic carbocycles. The molecule has 0 saturated carbocycles. The number of amides is 1. The lowest BCUT2D eigenvalue weighted by Gasteiger charge is -2.13. The summed E-state index contributed by atoms with van der Waals surface area (Å²) in [4.78, 5) is 12.4. The minimum Gasteiger partial charge on any atom is -0.494 e. The molecule has 0 unspecified atom stereocenters. The summed E-state index contributed by atoms with van der Waals surface area (Å²) in [5.74, 6) is 0.351. The zero-order chi connectivity index (χ0) is 22.4. The average Bonchev–Trinajstić information content (AvgIpc) is 2.75. The maximum Gasteiger partial charge on any atom is 0.263 e. The Morgan fingerprint density at radius 3 is 2.42 bits per heavy atom. The van der Waals surface area contributed by atoms with E-state index in [1.807, 2.05) is 37.3 Å². The van der Waals surface area contributed by atoms with Gasteiger partial charge in [0.25, 0.3) is 15.9 Å². The maximum absolute atomic E-state index is 12.9. The summed E-state index contributed by atoms with van der Waals surface area (Å²) in [7, 11) is -3.98. The van der Waals surface area contributed by atoms with Crippen molar-refractivity contribution in [1.29, 1.82) is 0 Å². The highest BCUT2D eigenvalue weighted by atomic mass is 35.5. The number of hydrogen-bond acceptors (Lipinski definition) is 4. The molecule has 0 atom stereocenters. The molecule has 3 aromatic carbocycles. The van der Waals surface area contributed by atoms with Crippen LogP contribution in [-0.2, 0) is 16.6 Å². The molecule has 8 heteroatoms. The number of ether oxygens (including phenoxy) is 1. The van der Waals surface area contributed by atoms with Crippen LogP contribution in [0.1, 0.15) is 28.4 Å². The second-order valence-electron chi connectivity index (χ2n) is 6.83. The van der Waals surface area contributed by atoms with Crippen molar-refractivity contribution in [2.24, 2.45) is 0 Å². The van der Waals surface area contributed by atoms with E-state index < -0.39 is 15.9 Å². The van der Waals surface area contributed by atoms with Gasteiger partial charge in [0.2, 0.25) is 0 Å². The van der Waals surface area contributed by atoms with Crippen molar-refractivity contribution in [2.75, 3.05) is 11.3 Å². The molecule has 2 N–H and O–H groups in total. The van der Waals surface area contributed by atoms with E-state index in [9.17, 15) is 13.2 Å². The topological polar surface area (TPSA) is 84.5 Å². The number of para-hydroxylation sites is 1. The summed E-state index contributed by atoms with van der Waals surface area (Å²) in [6.45, 7) is 4.57. The SMILES string of the molecule is CCOc1ccc(CNC(=O)c2ccc(Cl)c(S(=O)(=O)Nc3ccccc3C)c2)cc1. The van der Waals surface area contributed by atoms with Gasteiger partial charge in [-0.15, -0.1) is 0 Å². The fraction of sp³-hybridized carbons (Fsp3) is 0.174. The summed E-state index contributed by atoms with van der Waals surface area (Å²) in [6.07, 6.45) is 0. The lowest BCUT2D eigenvalue weighted by atomic mass is 10.2. The van der Waals surface area contributed by atoms with E-state index in [-0.39, 0.29) is 22.0 Å². The number of anilines is 1. The van der Waals surface area contributed by atoms with E-state index in [4.69, 9.17) is 16.3 Å². The number of sulfonamides is 1. The molecule has 3 rings (SSSR count). The van der Waals surface area contributed by atoms with E-state index >= 15 is 0 Å². The zero-order valence-corrected chi connectivity index (χ0v) is 18.8. The lowest BCUT2D eigenvalue weighted by Crippen LogP contribution is -2.23. The molecule has 0 aliphatic heterocycles. The third-order valence-electron chi connectivity index (χ3n) is 4.56. The molecule has 0 saturated heterocycles. The Kier molecular flexibility index (Phi) is 7.20. The van der Waals surface area contributed by atoms with Crippen molar-refractivity contribution >= 4 is 33.2 Å². The van der Waals surface area contributed by atoms with E-state index in [0.29, 0.717) is 12.3 Å². The molecule has 0 radical (unpaired) electrons. The van der Waals surface area contributed by atoms with Gasteiger partial charge in [-0.05, 0) is 61.4 Å². The van der Waals surface area contributed by atoms with E-state index in [2.05, 4.69) is 10.0 Å². The number of carbonyl (C=O) groups excluding carboxylic acids is 1. The first-order valence-corrected chi connectivity index (χ1v) is 11.5. The summed E-state index contributed by atoms with van der Waals surface area (Å²) in [5.41, 5.74) is 2.30. The fourth-order valence-corrected chi connectivity index (χ4v) is 4.55. The summed E-state index contributed by atoms with van der Waals surface area (Å²) >= 11 is 6.14. The lowest BCUT2D eigenvalue weighted by molar-refractivity contribution is 0.0950. The monoisotopic (exact) mass is 458 g/mol. The van der Waals surface area contributed by atoms with E-state index in [0.717, 1.165) is 16.9 Å². The molecule has 3 aromatic rings. The van der Waals surface area contributed by atoms with Crippen LogP contribution in [0, 0.1) is 6.92 Å². The van der Waals surface area contributed by atoms with Crippen LogP contribution in [-0.4, -0.2) is 20.9 Å². The first kappa shape index (κ1) is 22.7. The highest BCUT2D eigenvalue weighted by molar-refractivity contribution is 7.92. The van der Waals surface area contributed by atoms with Gasteiger partial charge in [-0.3, -0.25) is 9.52 Å². The van der Waals surface area contributed by atoms with Gasteiger partial charge < -0.3 is 10.1 Å². The number of aryl methyl sites for hydroxylation is 1. The van der Waals surface area contributed by atoms with Crippen molar-refractivity contribution in [3.8, 4) is 5.75 Å². The number of nitrogens with one attached hydrogen (secondary N) is 2. The Balaban J connectivity index is 1.75. The largest absolute Gasteiger partial charge is 0.494 e. The molecule has 0 aliphatic rings. The normalized spacial score (nSPS) is 11.1. The van der Waals surface area contributed by atoms with Gasteiger partial charge in [0.15, 0.2) is 0 Å². The Bertz CT molecular complexity index is 1180. The van der Waals surface area contributed by atoms with Crippen LogP contribution < -0.4 is 14.8 Å². The van der Waals surface area contributed by atoms with Crippen molar-refractivity contribution in [3.63, 3.8) is 0 Å². The standard InChI is InChI=1S/C23H23ClN2O4S/c1-3-30-19-11-8-17(9-12-19)15-25-23(27)18-10-13-20(24)22(14-18)31(28,29)26-21-7-5-4-6-16(21)2/h4-14,26H,3,15H2,1-2H3,(H,25,27). The molecule has 162 valence electrons. The van der Waals surface area contributed by atoms with Gasteiger partial charge in [0.05, 0.1) is 17.3 Å². The van der Waals surface area contributed by atoms with Crippen molar-refractivity contribution in [1.82, 2.24) is 5.32 Å². The molecular weight excluding hydrogens is 436 g/mol. The van der Waals surface area contributed by atoms with Crippen LogP contribution in [0.15, 0.2) is 71.6 Å². The quantitative estimate of drug-likeness (QED) is 0.508. The molecular formula is C23H23ClN2O4S. The second kappa shape index (κ2) is 9.85. The number of halogens is 1. The highest BCUT2D eigenvalue weighted by Crippen LogP contribution is 2.26. The van der Waals surface area contributed by atoms with Crippen molar-refractivity contribution < 1.29 is 17.9 Å². The maximum atomic E-state index is 12.9. The smallest absolute Gasteiger partial charge is 0.263 e. The van der Waals surface area contributed by atoms with Crippen LogP contribution in [0.5, 0.6) is 5.75 Å². The number of rotatable bonds is 8. The Morgan fingerprint density at radius 2 is 1.74 bits per heavy atom. The van der Waals surface area contributed by atoms with Gasteiger partial charge in [0.1, 0.15) is 10.6 Å². The molecule has 0 aromatic heterocycles. The van der Waals surface area contributed by atoms with Gasteiger partial charge in [-0.25, -0.2) is 8.42 Å². The Labute approximate surface area is 187 Å². The molecule has 0 heterocycles. The number of hydrogen-bond donors (Lipinski definition) is 2. The summed E-state index contributed by atoms with van der Waals surface area (Å²) < 4.78 is 33.7. The predicted octanol–water partition coefficient (Wildman–Crippen LogP) is 4.78. The molecule has 31 heavy (non-hydrogen) atoms. The molecule has 0 fully saturated rings. The number of carbonyl (C=O) groups is 1. The number of benzene rings is 3. The van der Waals surface area contributed by atoms with Gasteiger partial charge in [0, 0.05) is 12.1 Å². The minimum atomic E-state index is -3.98. The predicted molar refractivity (Wildman–Crippen MR) is 122 cm³/mol. The van der Waals surface area contributed by atoms with E-state index in [1.54, 1.807) is 25.1 Å². The molecule has 0 bridgehead atoms. The highest BCUT2D eigenvalue weighted by Gasteiger charge is 2.21. The van der Waals surface area contributed by atoms with Crippen LogP contribution in [0.3, 0.4) is 0 Å². The third-order valence-corrected chi connectivity index (χ3v) is 6.41. The van der Waals surface area contributed by atoms with Gasteiger partial charge in [-0.2, -0.15) is 0 Å². The molecule has 0 spiro atoms. The first-order valence-electron chi connectivity index (χ1n) is 9.68. The Hall–Kier alpha value is -3.03. The summed E-state index contributed by atoms with van der Waals surface area (Å²) in [6, 6.07) is 18.5. The van der Waals surface area contributed by atoms with Gasteiger partial charge in [-0.1, -0.05) is 41.9 Å². The summed E-state index contributed by atoms with van der Waals surface area (Å²) in [5, 5.41) is 2.82. The average molecular weight is 459 g/mol. The first-order chi connectivity index (χ1) is 14.8. The van der Waals surface area contributed by atoms with Crippen LogP contribution in [0.25, 0.3) is 0 Å². The van der Waals surface area contributed by atoms with Crippen molar-refractivity contribution in [3.05, 3.63) is 88.4 Å². The van der Waals surface area contributed by atoms with Crippen LogP contribution in [0.4, 0.5) is 5.69 Å². The molecule has 1 amide bonds. The zero-order valence-electron chi connectivity index (χ0n) is 17.2. The van der Waals surface area contributed by atoms with Gasteiger partial charge >= 0.3 is 0 Å². The van der Waals surface area contributed by atoms with Crippen LogP contribution in [0.2, 0.25) is 5.02 Å². The fourth-order valence-electron chi connectivity index (χ4n) is 2.89. The second-order valence-corrected chi connectivity index (χ2v) is 8.88. The van der Waals surface area contributed by atoms with Crippen molar-refractivity contribution in [2.45, 2.75) is 25.3 Å².